The first-order valence-corrected chi connectivity index (χ1v) is 17.8. The lowest BCUT2D eigenvalue weighted by Crippen LogP contribution is -2.44. The van der Waals surface area contributed by atoms with E-state index in [1.54, 1.807) is 0 Å². The summed E-state index contributed by atoms with van der Waals surface area (Å²) in [6.45, 7) is 9.64. The summed E-state index contributed by atoms with van der Waals surface area (Å²) in [7, 11) is -3.43. The fourth-order valence-corrected chi connectivity index (χ4v) is 12.8. The molecule has 33 heavy (non-hydrogen) atoms. The topological polar surface area (TPSA) is 69.7 Å². The van der Waals surface area contributed by atoms with Gasteiger partial charge in [-0.3, -0.25) is 4.79 Å². The molecule has 0 heterocycles. The number of esters is 1. The molecule has 0 aliphatic carbocycles. The lowest BCUT2D eigenvalue weighted by atomic mass is 10.1. The lowest BCUT2D eigenvalue weighted by Gasteiger charge is -2.34. The highest BCUT2D eigenvalue weighted by Gasteiger charge is 2.32. The van der Waals surface area contributed by atoms with Crippen LogP contribution < -0.4 is 0 Å². The number of carbonyl (C=O) groups is 1. The van der Waals surface area contributed by atoms with Crippen molar-refractivity contribution in [3.05, 3.63) is 71.8 Å². The van der Waals surface area contributed by atoms with Crippen molar-refractivity contribution in [3.8, 4) is 0 Å². The number of hydrogen-bond acceptors (Lipinski definition) is 5. The zero-order chi connectivity index (χ0) is 24.6. The third kappa shape index (κ3) is 14.4. The minimum Gasteiger partial charge on any atom is -0.461 e. The van der Waals surface area contributed by atoms with Gasteiger partial charge in [0.1, 0.15) is 6.61 Å². The number of hydrogen-bond donors (Lipinski definition) is 0. The summed E-state index contributed by atoms with van der Waals surface area (Å²) in [6.07, 6.45) is 5.18. The summed E-state index contributed by atoms with van der Waals surface area (Å²) in [6, 6.07) is 22.8. The van der Waals surface area contributed by atoms with Gasteiger partial charge in [0.15, 0.2) is 16.6 Å². The molecule has 0 saturated carbocycles. The molecule has 0 N–H and O–H groups in total. The highest BCUT2D eigenvalue weighted by atomic mass is 28.4. The second-order valence-electron chi connectivity index (χ2n) is 9.40. The van der Waals surface area contributed by atoms with Crippen LogP contribution in [0.4, 0.5) is 0 Å². The number of ether oxygens (including phenoxy) is 1. The van der Waals surface area contributed by atoms with Gasteiger partial charge in [0.2, 0.25) is 0 Å². The second-order valence-corrected chi connectivity index (χ2v) is 18.3. The molecule has 0 spiro atoms. The molecule has 2 rings (SSSR count). The van der Waals surface area contributed by atoms with Gasteiger partial charge in [-0.2, -0.15) is 9.59 Å². The van der Waals surface area contributed by atoms with Crippen LogP contribution in [0.1, 0.15) is 36.8 Å². The van der Waals surface area contributed by atoms with E-state index in [0.29, 0.717) is 13.0 Å². The van der Waals surface area contributed by atoms with Crippen molar-refractivity contribution in [1.29, 1.82) is 0 Å². The number of aryl methyl sites for hydroxylation is 1. The molecule has 5 nitrogen and oxygen atoms in total. The van der Waals surface area contributed by atoms with Crippen LogP contribution >= 0.6 is 0 Å². The molecule has 0 saturated heterocycles. The Balaban J connectivity index is 0.00000172. The summed E-state index contributed by atoms with van der Waals surface area (Å²) in [4.78, 5) is 28.3. The maximum Gasteiger partial charge on any atom is 0.373 e. The number of unbranched alkanes of at least 4 members (excludes halogenated alkanes) is 1. The van der Waals surface area contributed by atoms with E-state index in [1.165, 1.54) is 24.4 Å². The van der Waals surface area contributed by atoms with Crippen LogP contribution in [0.25, 0.3) is 0 Å². The average Bonchev–Trinajstić information content (AvgIpc) is 2.76. The standard InChI is InChI=1S/C25H38O3Si2.CO2/c1-29(2,20-12-11-16-23-14-7-5-8-15-23)28-30(3,4)21-13-19-25(26)27-22-24-17-9-6-10-18-24;2-1-3/h5-10,14-15,17-18H,11-13,16,19-22H2,1-4H3;. The Labute approximate surface area is 200 Å². The summed E-state index contributed by atoms with van der Waals surface area (Å²) in [5, 5.41) is 0. The largest absolute Gasteiger partial charge is 0.461 e. The highest BCUT2D eigenvalue weighted by Crippen LogP contribution is 2.25. The number of carbonyl (C=O) groups excluding carboxylic acids is 3. The van der Waals surface area contributed by atoms with Crippen LogP contribution in [0.2, 0.25) is 38.3 Å². The molecule has 2 aromatic carbocycles. The molecule has 0 aromatic heterocycles. The van der Waals surface area contributed by atoms with Gasteiger partial charge in [0.25, 0.3) is 0 Å². The Bertz CT molecular complexity index is 832. The predicted molar refractivity (Wildman–Crippen MR) is 136 cm³/mol. The van der Waals surface area contributed by atoms with Crippen LogP contribution in [-0.2, 0) is 36.3 Å². The van der Waals surface area contributed by atoms with Gasteiger partial charge in [0.05, 0.1) is 0 Å². The van der Waals surface area contributed by atoms with E-state index in [4.69, 9.17) is 18.4 Å². The molecular weight excluding hydrogens is 448 g/mol. The van der Waals surface area contributed by atoms with Gasteiger partial charge in [-0.15, -0.1) is 0 Å². The van der Waals surface area contributed by atoms with E-state index in [0.717, 1.165) is 24.4 Å². The summed E-state index contributed by atoms with van der Waals surface area (Å²) in [5.41, 5.74) is 2.45. The molecule has 0 amide bonds. The van der Waals surface area contributed by atoms with E-state index < -0.39 is 16.6 Å². The van der Waals surface area contributed by atoms with E-state index in [1.807, 2.05) is 30.3 Å². The van der Waals surface area contributed by atoms with Crippen molar-refractivity contribution in [2.45, 2.75) is 77.0 Å². The quantitative estimate of drug-likeness (QED) is 0.187. The zero-order valence-electron chi connectivity index (χ0n) is 20.5. The lowest BCUT2D eigenvalue weighted by molar-refractivity contribution is -0.191. The van der Waals surface area contributed by atoms with Gasteiger partial charge >= 0.3 is 12.1 Å². The summed E-state index contributed by atoms with van der Waals surface area (Å²) in [5.74, 6) is -0.110. The third-order valence-electron chi connectivity index (χ3n) is 5.29. The van der Waals surface area contributed by atoms with E-state index in [2.05, 4.69) is 56.5 Å². The molecular formula is C26H38O5Si2. The molecule has 0 fully saturated rings. The van der Waals surface area contributed by atoms with Gasteiger partial charge in [-0.1, -0.05) is 67.1 Å². The zero-order valence-corrected chi connectivity index (χ0v) is 22.5. The van der Waals surface area contributed by atoms with Crippen molar-refractivity contribution in [1.82, 2.24) is 0 Å². The van der Waals surface area contributed by atoms with Gasteiger partial charge in [-0.25, -0.2) is 0 Å². The molecule has 0 atom stereocenters. The van der Waals surface area contributed by atoms with Gasteiger partial charge in [0, 0.05) is 6.42 Å². The van der Waals surface area contributed by atoms with Crippen molar-refractivity contribution in [2.75, 3.05) is 0 Å². The Morgan fingerprint density at radius 3 is 1.79 bits per heavy atom. The Hall–Kier alpha value is -2.32. The molecule has 0 aliphatic rings. The summed E-state index contributed by atoms with van der Waals surface area (Å²) < 4.78 is 12.1. The normalized spacial score (nSPS) is 11.2. The Kier molecular flexibility index (Phi) is 13.5. The Morgan fingerprint density at radius 2 is 1.24 bits per heavy atom. The molecule has 0 radical (unpaired) electrons. The minimum atomic E-state index is -1.76. The fourth-order valence-electron chi connectivity index (χ4n) is 3.84. The first-order chi connectivity index (χ1) is 15.7. The van der Waals surface area contributed by atoms with Gasteiger partial charge in [-0.05, 0) is 68.7 Å². The first kappa shape index (κ1) is 28.7. The molecule has 0 unspecified atom stereocenters. The minimum absolute atomic E-state index is 0.110. The van der Waals surface area contributed by atoms with Gasteiger partial charge < -0.3 is 8.85 Å². The molecule has 180 valence electrons. The van der Waals surface area contributed by atoms with Crippen LogP contribution in [0.5, 0.6) is 0 Å². The highest BCUT2D eigenvalue weighted by molar-refractivity contribution is 6.84. The maximum atomic E-state index is 12.0. The molecule has 0 aliphatic heterocycles. The average molecular weight is 487 g/mol. The van der Waals surface area contributed by atoms with Crippen LogP contribution in [0.3, 0.4) is 0 Å². The maximum absolute atomic E-state index is 12.0. The van der Waals surface area contributed by atoms with Crippen molar-refractivity contribution in [2.24, 2.45) is 0 Å². The molecule has 2 aromatic rings. The van der Waals surface area contributed by atoms with Crippen molar-refractivity contribution in [3.63, 3.8) is 0 Å². The van der Waals surface area contributed by atoms with E-state index in [-0.39, 0.29) is 12.1 Å². The van der Waals surface area contributed by atoms with E-state index >= 15 is 0 Å². The number of rotatable bonds is 13. The SMILES string of the molecule is C[Si](C)(CCCCc1ccccc1)O[Si](C)(C)CCCC(=O)OCc1ccccc1.O=C=O. The third-order valence-corrected chi connectivity index (χ3v) is 12.8. The number of benzene rings is 2. The monoisotopic (exact) mass is 486 g/mol. The van der Waals surface area contributed by atoms with Crippen LogP contribution in [0, 0.1) is 0 Å². The Morgan fingerprint density at radius 1 is 0.758 bits per heavy atom. The smallest absolute Gasteiger partial charge is 0.373 e. The van der Waals surface area contributed by atoms with Crippen molar-refractivity contribution >= 4 is 28.8 Å². The van der Waals surface area contributed by atoms with E-state index in [9.17, 15) is 4.79 Å². The first-order valence-electron chi connectivity index (χ1n) is 11.6. The molecule has 7 heteroatoms. The van der Waals surface area contributed by atoms with Crippen LogP contribution in [-0.4, -0.2) is 28.8 Å². The fraction of sp³-hybridized carbons (Fsp3) is 0.462. The molecule has 0 bridgehead atoms. The second kappa shape index (κ2) is 15.5. The van der Waals surface area contributed by atoms with Crippen molar-refractivity contribution < 1.29 is 23.2 Å². The summed E-state index contributed by atoms with van der Waals surface area (Å²) >= 11 is 0. The predicted octanol–water partition coefficient (Wildman–Crippen LogP) is 6.38. The van der Waals surface area contributed by atoms with Crippen LogP contribution in [0.15, 0.2) is 60.7 Å².